The Balaban J connectivity index is 0.000000149. The van der Waals surface area contributed by atoms with E-state index < -0.39 is 7.32 Å². The molecule has 41 heavy (non-hydrogen) atoms. The SMILES string of the molecule is Brc1cccc2c1CCC2.CC(C)OB1OC(C)(C)C(C)(C)O1.CC1(C)OB(c2cccc3c2CCC3)OC1(C)C. The molecule has 6 rings (SSSR count). The molecule has 2 aliphatic carbocycles. The molecule has 2 heterocycles. The molecule has 0 atom stereocenters. The molecular formula is C33H49B2BrO5. The van der Waals surface area contributed by atoms with E-state index in [1.807, 2.05) is 41.5 Å². The first-order valence-electron chi connectivity index (χ1n) is 15.3. The monoisotopic (exact) mass is 626 g/mol. The van der Waals surface area contributed by atoms with Crippen molar-refractivity contribution in [1.29, 1.82) is 0 Å². The minimum atomic E-state index is -0.523. The van der Waals surface area contributed by atoms with Gasteiger partial charge in [0.05, 0.1) is 22.4 Å². The Kier molecular flexibility index (Phi) is 9.95. The summed E-state index contributed by atoms with van der Waals surface area (Å²) in [5.74, 6) is 0. The van der Waals surface area contributed by atoms with Crippen LogP contribution in [0.3, 0.4) is 0 Å². The number of benzene rings is 2. The van der Waals surface area contributed by atoms with Crippen molar-refractivity contribution in [2.24, 2.45) is 0 Å². The van der Waals surface area contributed by atoms with Crippen LogP contribution < -0.4 is 5.46 Å². The van der Waals surface area contributed by atoms with Crippen LogP contribution in [0.1, 0.15) is 104 Å². The predicted molar refractivity (Wildman–Crippen MR) is 173 cm³/mol. The van der Waals surface area contributed by atoms with Gasteiger partial charge in [-0.15, -0.1) is 0 Å². The highest BCUT2D eigenvalue weighted by Crippen LogP contribution is 2.38. The summed E-state index contributed by atoms with van der Waals surface area (Å²) < 4.78 is 30.3. The molecule has 8 heteroatoms. The Morgan fingerprint density at radius 3 is 1.63 bits per heavy atom. The van der Waals surface area contributed by atoms with Crippen LogP contribution in [0.4, 0.5) is 0 Å². The highest BCUT2D eigenvalue weighted by molar-refractivity contribution is 9.10. The first kappa shape index (κ1) is 32.8. The Bertz CT molecular complexity index is 1180. The van der Waals surface area contributed by atoms with Gasteiger partial charge < -0.3 is 23.3 Å². The average molecular weight is 627 g/mol. The van der Waals surface area contributed by atoms with E-state index in [1.165, 1.54) is 64.3 Å². The number of aryl methyl sites for hydroxylation is 2. The highest BCUT2D eigenvalue weighted by atomic mass is 79.9. The number of hydrogen-bond donors (Lipinski definition) is 0. The van der Waals surface area contributed by atoms with E-state index in [0.29, 0.717) is 0 Å². The van der Waals surface area contributed by atoms with Crippen LogP contribution >= 0.6 is 15.9 Å². The van der Waals surface area contributed by atoms with Gasteiger partial charge in [0.25, 0.3) is 0 Å². The molecule has 0 unspecified atom stereocenters. The van der Waals surface area contributed by atoms with Crippen LogP contribution in [0.15, 0.2) is 40.9 Å². The van der Waals surface area contributed by atoms with Crippen LogP contribution in [0.2, 0.25) is 0 Å². The van der Waals surface area contributed by atoms with Gasteiger partial charge in [0.1, 0.15) is 0 Å². The molecule has 0 saturated carbocycles. The topological polar surface area (TPSA) is 46.2 Å². The standard InChI is InChI=1S/C15H21BO2.C9H19BO3.C9H9Br/c1-14(2)15(3,4)18-16(17-14)13-10-6-8-11-7-5-9-12(11)13;1-7(2)11-10-12-8(3,4)9(5,6)13-10;10-9-6-2-4-7-3-1-5-8(7)9/h6,8,10H,5,7,9H2,1-4H3;7H,1-6H3;2,4,6H,1,3,5H2. The van der Waals surface area contributed by atoms with Crippen LogP contribution in [-0.2, 0) is 49.0 Å². The summed E-state index contributed by atoms with van der Waals surface area (Å²) in [7, 11) is -0.729. The summed E-state index contributed by atoms with van der Waals surface area (Å²) in [6.45, 7) is 20.4. The van der Waals surface area contributed by atoms with E-state index in [9.17, 15) is 0 Å². The Hall–Kier alpha value is -1.15. The Morgan fingerprint density at radius 1 is 0.659 bits per heavy atom. The fourth-order valence-electron chi connectivity index (χ4n) is 5.48. The van der Waals surface area contributed by atoms with Crippen molar-refractivity contribution >= 4 is 35.8 Å². The van der Waals surface area contributed by atoms with Crippen molar-refractivity contribution in [2.45, 2.75) is 136 Å². The van der Waals surface area contributed by atoms with Gasteiger partial charge in [0.15, 0.2) is 0 Å². The molecule has 4 aliphatic rings. The first-order chi connectivity index (χ1) is 19.0. The lowest BCUT2D eigenvalue weighted by Crippen LogP contribution is -2.41. The molecule has 0 spiro atoms. The zero-order valence-electron chi connectivity index (χ0n) is 26.9. The largest absolute Gasteiger partial charge is 0.640 e. The lowest BCUT2D eigenvalue weighted by atomic mass is 9.75. The second-order valence-electron chi connectivity index (χ2n) is 13.9. The van der Waals surface area contributed by atoms with Gasteiger partial charge >= 0.3 is 14.4 Å². The van der Waals surface area contributed by atoms with Crippen molar-refractivity contribution in [3.8, 4) is 0 Å². The maximum absolute atomic E-state index is 6.15. The zero-order valence-corrected chi connectivity index (χ0v) is 28.4. The average Bonchev–Trinajstić information content (AvgIpc) is 3.60. The molecular weight excluding hydrogens is 578 g/mol. The van der Waals surface area contributed by atoms with E-state index in [0.717, 1.165) is 6.42 Å². The van der Waals surface area contributed by atoms with Crippen LogP contribution in [-0.4, -0.2) is 42.9 Å². The Labute approximate surface area is 257 Å². The van der Waals surface area contributed by atoms with Gasteiger partial charge in [0.2, 0.25) is 0 Å². The van der Waals surface area contributed by atoms with Crippen molar-refractivity contribution in [3.63, 3.8) is 0 Å². The molecule has 0 aromatic heterocycles. The van der Waals surface area contributed by atoms with E-state index in [1.54, 1.807) is 0 Å². The molecule has 0 N–H and O–H groups in total. The zero-order chi connectivity index (χ0) is 30.2. The summed E-state index contributed by atoms with van der Waals surface area (Å²) in [6, 6.07) is 13.0. The number of hydrogen-bond acceptors (Lipinski definition) is 5. The molecule has 2 aliphatic heterocycles. The maximum Gasteiger partial charge on any atom is 0.640 e. The predicted octanol–water partition coefficient (Wildman–Crippen LogP) is 7.41. The van der Waals surface area contributed by atoms with E-state index >= 15 is 0 Å². The minimum Gasteiger partial charge on any atom is -0.399 e. The Morgan fingerprint density at radius 2 is 1.12 bits per heavy atom. The summed E-state index contributed by atoms with van der Waals surface area (Å²) in [6.07, 6.45) is 7.60. The number of rotatable bonds is 3. The molecule has 0 amide bonds. The molecule has 0 bridgehead atoms. The molecule has 5 nitrogen and oxygen atoms in total. The van der Waals surface area contributed by atoms with Gasteiger partial charge in [-0.3, -0.25) is 0 Å². The van der Waals surface area contributed by atoms with E-state index in [-0.39, 0.29) is 35.6 Å². The molecule has 2 saturated heterocycles. The summed E-state index contributed by atoms with van der Waals surface area (Å²) in [4.78, 5) is 0. The summed E-state index contributed by atoms with van der Waals surface area (Å²) >= 11 is 3.55. The molecule has 0 radical (unpaired) electrons. The fourth-order valence-corrected chi connectivity index (χ4v) is 6.09. The normalized spacial score (nSPS) is 22.5. The first-order valence-corrected chi connectivity index (χ1v) is 16.1. The van der Waals surface area contributed by atoms with Gasteiger partial charge in [-0.2, -0.15) is 0 Å². The third-order valence-electron chi connectivity index (χ3n) is 9.39. The molecule has 2 fully saturated rings. The van der Waals surface area contributed by atoms with E-state index in [4.69, 9.17) is 23.3 Å². The van der Waals surface area contributed by atoms with Gasteiger partial charge in [-0.1, -0.05) is 46.3 Å². The van der Waals surface area contributed by atoms with Gasteiger partial charge in [0, 0.05) is 10.6 Å². The van der Waals surface area contributed by atoms with Crippen LogP contribution in [0, 0.1) is 0 Å². The summed E-state index contributed by atoms with van der Waals surface area (Å²) in [5.41, 5.74) is 6.13. The van der Waals surface area contributed by atoms with Gasteiger partial charge in [-0.05, 0) is 142 Å². The maximum atomic E-state index is 6.15. The van der Waals surface area contributed by atoms with Crippen LogP contribution in [0.25, 0.3) is 0 Å². The molecule has 2 aromatic rings. The molecule has 2 aromatic carbocycles. The van der Waals surface area contributed by atoms with Crippen LogP contribution in [0.5, 0.6) is 0 Å². The summed E-state index contributed by atoms with van der Waals surface area (Å²) in [5, 5.41) is 0. The van der Waals surface area contributed by atoms with Crippen molar-refractivity contribution in [2.75, 3.05) is 0 Å². The van der Waals surface area contributed by atoms with Crippen molar-refractivity contribution in [1.82, 2.24) is 0 Å². The fraction of sp³-hybridized carbons (Fsp3) is 0.636. The second kappa shape index (κ2) is 12.5. The minimum absolute atomic E-state index is 0.120. The quantitative estimate of drug-likeness (QED) is 0.332. The van der Waals surface area contributed by atoms with Crippen molar-refractivity contribution < 1.29 is 23.3 Å². The smallest absolute Gasteiger partial charge is 0.399 e. The third-order valence-corrected chi connectivity index (χ3v) is 10.1. The van der Waals surface area contributed by atoms with E-state index in [2.05, 4.69) is 80.0 Å². The third kappa shape index (κ3) is 7.33. The molecule has 224 valence electrons. The number of fused-ring (bicyclic) bond motifs is 2. The lowest BCUT2D eigenvalue weighted by Gasteiger charge is -2.32. The highest BCUT2D eigenvalue weighted by Gasteiger charge is 2.53. The lowest BCUT2D eigenvalue weighted by molar-refractivity contribution is 0.00578. The van der Waals surface area contributed by atoms with Gasteiger partial charge in [-0.25, -0.2) is 0 Å². The van der Waals surface area contributed by atoms with Crippen molar-refractivity contribution in [3.05, 3.63) is 63.1 Å². The second-order valence-corrected chi connectivity index (χ2v) is 14.7. The number of halogens is 1.